The molecule has 0 unspecified atom stereocenters. The molecule has 70 valence electrons. The Labute approximate surface area is 70.8 Å². The first-order valence-corrected chi connectivity index (χ1v) is 3.15. The van der Waals surface area contributed by atoms with Crippen LogP contribution in [0.4, 0.5) is 23.7 Å². The molecule has 0 aliphatic heterocycles. The molecule has 1 amide bonds. The molecule has 1 aromatic carbocycles. The summed E-state index contributed by atoms with van der Waals surface area (Å²) in [6.45, 7) is 0. The number of nitrogens with one attached hydrogen (secondary N) is 1. The Hall–Kier alpha value is -1.72. The van der Waals surface area contributed by atoms with Crippen molar-refractivity contribution in [2.45, 2.75) is 0 Å². The van der Waals surface area contributed by atoms with Gasteiger partial charge in [0, 0.05) is 12.1 Å². The predicted molar refractivity (Wildman–Crippen MR) is 38.0 cm³/mol. The van der Waals surface area contributed by atoms with Crippen molar-refractivity contribution in [3.8, 4) is 0 Å². The minimum atomic E-state index is -1.62. The van der Waals surface area contributed by atoms with E-state index in [-0.39, 0.29) is 0 Å². The van der Waals surface area contributed by atoms with E-state index in [0.29, 0.717) is 12.1 Å². The third kappa shape index (κ3) is 2.11. The van der Waals surface area contributed by atoms with Crippen molar-refractivity contribution >= 4 is 11.8 Å². The molecule has 0 spiro atoms. The minimum absolute atomic E-state index is 0.383. The van der Waals surface area contributed by atoms with Gasteiger partial charge in [-0.15, -0.1) is 0 Å². The molecule has 3 nitrogen and oxygen atoms in total. The van der Waals surface area contributed by atoms with E-state index in [9.17, 15) is 18.0 Å². The van der Waals surface area contributed by atoms with E-state index in [2.05, 4.69) is 0 Å². The van der Waals surface area contributed by atoms with Crippen LogP contribution >= 0.6 is 0 Å². The molecular weight excluding hydrogens is 187 g/mol. The normalized spacial score (nSPS) is 9.77. The average Bonchev–Trinajstić information content (AvgIpc) is 1.96. The Morgan fingerprint density at radius 2 is 1.69 bits per heavy atom. The number of anilines is 1. The van der Waals surface area contributed by atoms with Gasteiger partial charge in [0.15, 0.2) is 11.6 Å². The molecule has 0 aliphatic rings. The van der Waals surface area contributed by atoms with Crippen LogP contribution in [0.25, 0.3) is 0 Å². The van der Waals surface area contributed by atoms with Gasteiger partial charge in [0.1, 0.15) is 11.5 Å². The minimum Gasteiger partial charge on any atom is -0.465 e. The lowest BCUT2D eigenvalue weighted by atomic mass is 10.3. The molecule has 0 fully saturated rings. The number of carboxylic acid groups (broad SMARTS) is 1. The van der Waals surface area contributed by atoms with Crippen molar-refractivity contribution in [1.29, 1.82) is 0 Å². The summed E-state index contributed by atoms with van der Waals surface area (Å²) in [4.78, 5) is 10.0. The van der Waals surface area contributed by atoms with Gasteiger partial charge in [-0.2, -0.15) is 0 Å². The first-order valence-electron chi connectivity index (χ1n) is 3.15. The fourth-order valence-corrected chi connectivity index (χ4v) is 0.769. The monoisotopic (exact) mass is 191 g/mol. The maximum atomic E-state index is 12.7. The van der Waals surface area contributed by atoms with Gasteiger partial charge in [-0.05, 0) is 0 Å². The van der Waals surface area contributed by atoms with Crippen molar-refractivity contribution in [2.24, 2.45) is 0 Å². The van der Waals surface area contributed by atoms with Crippen LogP contribution in [0.1, 0.15) is 0 Å². The SMILES string of the molecule is O=C(O)Nc1c(F)cc(F)cc1F. The average molecular weight is 191 g/mol. The number of hydrogen-bond acceptors (Lipinski definition) is 1. The van der Waals surface area contributed by atoms with E-state index in [0.717, 1.165) is 0 Å². The molecule has 0 aromatic heterocycles. The summed E-state index contributed by atoms with van der Waals surface area (Å²) in [6.07, 6.45) is -1.62. The molecule has 0 radical (unpaired) electrons. The zero-order valence-electron chi connectivity index (χ0n) is 6.14. The topological polar surface area (TPSA) is 49.3 Å². The molecule has 0 bridgehead atoms. The van der Waals surface area contributed by atoms with E-state index in [1.54, 1.807) is 0 Å². The Bertz CT molecular complexity index is 331. The highest BCUT2D eigenvalue weighted by atomic mass is 19.1. The maximum absolute atomic E-state index is 12.7. The highest BCUT2D eigenvalue weighted by Crippen LogP contribution is 2.19. The Morgan fingerprint density at radius 1 is 1.23 bits per heavy atom. The summed E-state index contributed by atoms with van der Waals surface area (Å²) in [5, 5.41) is 9.62. The van der Waals surface area contributed by atoms with Crippen LogP contribution in [0, 0.1) is 17.5 Å². The van der Waals surface area contributed by atoms with Crippen LogP contribution in [0.15, 0.2) is 12.1 Å². The third-order valence-electron chi connectivity index (χ3n) is 1.24. The van der Waals surface area contributed by atoms with Crippen LogP contribution in [-0.4, -0.2) is 11.2 Å². The molecule has 6 heteroatoms. The van der Waals surface area contributed by atoms with Gasteiger partial charge in [-0.1, -0.05) is 0 Å². The van der Waals surface area contributed by atoms with Gasteiger partial charge >= 0.3 is 6.09 Å². The largest absolute Gasteiger partial charge is 0.465 e. The standard InChI is InChI=1S/C7H4F3NO2/c8-3-1-4(9)6(5(10)2-3)11-7(12)13/h1-2,11H,(H,12,13). The molecule has 1 aromatic rings. The first-order chi connectivity index (χ1) is 6.00. The van der Waals surface area contributed by atoms with E-state index in [1.807, 2.05) is 0 Å². The zero-order chi connectivity index (χ0) is 10.0. The van der Waals surface area contributed by atoms with Crippen LogP contribution in [0.5, 0.6) is 0 Å². The first kappa shape index (κ1) is 9.37. The van der Waals surface area contributed by atoms with Crippen molar-refractivity contribution < 1.29 is 23.1 Å². The van der Waals surface area contributed by atoms with Crippen molar-refractivity contribution in [3.05, 3.63) is 29.6 Å². The van der Waals surface area contributed by atoms with Crippen molar-refractivity contribution in [1.82, 2.24) is 0 Å². The smallest absolute Gasteiger partial charge is 0.409 e. The van der Waals surface area contributed by atoms with Crippen molar-refractivity contribution in [2.75, 3.05) is 5.32 Å². The molecule has 0 saturated carbocycles. The Balaban J connectivity index is 3.13. The second-order valence-electron chi connectivity index (χ2n) is 2.17. The fourth-order valence-electron chi connectivity index (χ4n) is 0.769. The molecule has 0 heterocycles. The van der Waals surface area contributed by atoms with E-state index >= 15 is 0 Å². The maximum Gasteiger partial charge on any atom is 0.409 e. The molecular formula is C7H4F3NO2. The lowest BCUT2D eigenvalue weighted by molar-refractivity contribution is 0.209. The van der Waals surface area contributed by atoms with Crippen LogP contribution in [0.2, 0.25) is 0 Å². The zero-order valence-corrected chi connectivity index (χ0v) is 6.14. The number of carbonyl (C=O) groups is 1. The molecule has 0 aliphatic carbocycles. The lowest BCUT2D eigenvalue weighted by Gasteiger charge is -2.03. The molecule has 13 heavy (non-hydrogen) atoms. The highest BCUT2D eigenvalue weighted by molar-refractivity contribution is 5.83. The molecule has 2 N–H and O–H groups in total. The lowest BCUT2D eigenvalue weighted by Crippen LogP contribution is -2.10. The number of halogens is 3. The predicted octanol–water partition coefficient (Wildman–Crippen LogP) is 2.19. The summed E-state index contributed by atoms with van der Waals surface area (Å²) in [5.41, 5.74) is -0.881. The third-order valence-corrected chi connectivity index (χ3v) is 1.24. The van der Waals surface area contributed by atoms with Crippen LogP contribution in [-0.2, 0) is 0 Å². The number of hydrogen-bond donors (Lipinski definition) is 2. The molecule has 0 saturated heterocycles. The Morgan fingerprint density at radius 3 is 2.08 bits per heavy atom. The Kier molecular flexibility index (Phi) is 2.41. The summed E-state index contributed by atoms with van der Waals surface area (Å²) in [6, 6.07) is 0.767. The van der Waals surface area contributed by atoms with E-state index in [1.165, 1.54) is 5.32 Å². The van der Waals surface area contributed by atoms with Gasteiger partial charge in [-0.3, -0.25) is 5.32 Å². The van der Waals surface area contributed by atoms with Gasteiger partial charge < -0.3 is 5.11 Å². The number of rotatable bonds is 1. The fraction of sp³-hybridized carbons (Fsp3) is 0. The van der Waals surface area contributed by atoms with Gasteiger partial charge in [0.05, 0.1) is 0 Å². The quantitative estimate of drug-likeness (QED) is 0.714. The van der Waals surface area contributed by atoms with Gasteiger partial charge in [-0.25, -0.2) is 18.0 Å². The van der Waals surface area contributed by atoms with Crippen LogP contribution in [0.3, 0.4) is 0 Å². The summed E-state index contributed by atoms with van der Waals surface area (Å²) in [5.74, 6) is -3.69. The molecule has 1 rings (SSSR count). The van der Waals surface area contributed by atoms with Gasteiger partial charge in [0.2, 0.25) is 0 Å². The van der Waals surface area contributed by atoms with Crippen molar-refractivity contribution in [3.63, 3.8) is 0 Å². The van der Waals surface area contributed by atoms with E-state index in [4.69, 9.17) is 5.11 Å². The second kappa shape index (κ2) is 3.34. The highest BCUT2D eigenvalue weighted by Gasteiger charge is 2.12. The van der Waals surface area contributed by atoms with Gasteiger partial charge in [0.25, 0.3) is 0 Å². The van der Waals surface area contributed by atoms with E-state index < -0.39 is 29.2 Å². The summed E-state index contributed by atoms with van der Waals surface area (Å²) < 4.78 is 37.6. The molecule has 0 atom stereocenters. The number of amides is 1. The van der Waals surface area contributed by atoms with Crippen LogP contribution < -0.4 is 5.32 Å². The summed E-state index contributed by atoms with van der Waals surface area (Å²) in [7, 11) is 0. The number of benzene rings is 1. The summed E-state index contributed by atoms with van der Waals surface area (Å²) >= 11 is 0. The second-order valence-corrected chi connectivity index (χ2v) is 2.17.